The van der Waals surface area contributed by atoms with Crippen molar-refractivity contribution in [1.29, 1.82) is 0 Å². The van der Waals surface area contributed by atoms with Gasteiger partial charge in [0.2, 0.25) is 0 Å². The number of nitrogens with one attached hydrogen (secondary N) is 2. The number of hydrogen-bond acceptors (Lipinski definition) is 1. The van der Waals surface area contributed by atoms with Gasteiger partial charge in [-0.1, -0.05) is 0 Å². The highest BCUT2D eigenvalue weighted by atomic mass is 19.4. The molecule has 3 nitrogen and oxygen atoms in total. The lowest BCUT2D eigenvalue weighted by molar-refractivity contribution is -0.349. The average Bonchev–Trinajstić information content (AvgIpc) is 2.63. The van der Waals surface area contributed by atoms with E-state index in [0.29, 0.717) is 0 Å². The van der Waals surface area contributed by atoms with Crippen molar-refractivity contribution in [3.05, 3.63) is 34.0 Å². The summed E-state index contributed by atoms with van der Waals surface area (Å²) in [7, 11) is 0. The third-order valence-corrected chi connectivity index (χ3v) is 2.76. The third kappa shape index (κ3) is 2.16. The van der Waals surface area contributed by atoms with Crippen LogP contribution in [0.5, 0.6) is 0 Å². The smallest absolute Gasteiger partial charge is 0.306 e. The molecular formula is C10H4F8N2O. The predicted molar refractivity (Wildman–Crippen MR) is 53.8 cm³/mol. The highest BCUT2D eigenvalue weighted by molar-refractivity contribution is 5.75. The van der Waals surface area contributed by atoms with Gasteiger partial charge in [-0.3, -0.25) is 0 Å². The van der Waals surface area contributed by atoms with Crippen LogP contribution in [0.4, 0.5) is 35.1 Å². The number of hydrogen-bond donors (Lipinski definition) is 2. The quantitative estimate of drug-likeness (QED) is 0.779. The van der Waals surface area contributed by atoms with Crippen LogP contribution in [0.3, 0.4) is 0 Å². The molecule has 116 valence electrons. The van der Waals surface area contributed by atoms with E-state index < -0.39 is 46.1 Å². The van der Waals surface area contributed by atoms with Crippen LogP contribution >= 0.6 is 0 Å². The van der Waals surface area contributed by atoms with Crippen molar-refractivity contribution in [3.8, 4) is 0 Å². The van der Waals surface area contributed by atoms with E-state index in [1.54, 1.807) is 0 Å². The first-order chi connectivity index (χ1) is 9.38. The van der Waals surface area contributed by atoms with E-state index in [9.17, 15) is 39.9 Å². The van der Waals surface area contributed by atoms with Crippen molar-refractivity contribution in [1.82, 2.24) is 9.97 Å². The monoisotopic (exact) mass is 320 g/mol. The Balaban J connectivity index is 2.83. The number of imidazole rings is 1. The zero-order chi connectivity index (χ0) is 16.2. The van der Waals surface area contributed by atoms with E-state index in [-0.39, 0.29) is 12.1 Å². The highest BCUT2D eigenvalue weighted by Crippen LogP contribution is 2.54. The maximum atomic E-state index is 13.7. The molecular weight excluding hydrogens is 316 g/mol. The molecule has 0 saturated carbocycles. The van der Waals surface area contributed by atoms with Crippen molar-refractivity contribution >= 4 is 11.0 Å². The Hall–Kier alpha value is -2.07. The molecule has 0 aliphatic rings. The van der Waals surface area contributed by atoms with Gasteiger partial charge in [0, 0.05) is 5.56 Å². The van der Waals surface area contributed by atoms with Gasteiger partial charge in [-0.2, -0.15) is 26.3 Å². The van der Waals surface area contributed by atoms with Crippen LogP contribution in [0.1, 0.15) is 5.56 Å². The SMILES string of the molecule is O=c1[nH]c2cc(F)c(C(F)(C(F)(F)F)C(F)(F)F)cc2[nH]1. The minimum Gasteiger partial charge on any atom is -0.306 e. The predicted octanol–water partition coefficient (Wildman–Crippen LogP) is 3.28. The van der Waals surface area contributed by atoms with E-state index in [0.717, 1.165) is 0 Å². The third-order valence-electron chi connectivity index (χ3n) is 2.76. The Morgan fingerprint density at radius 3 is 1.67 bits per heavy atom. The molecule has 2 aromatic rings. The number of H-pyrrole nitrogens is 2. The Morgan fingerprint density at radius 2 is 1.24 bits per heavy atom. The topological polar surface area (TPSA) is 48.6 Å². The number of aromatic amines is 2. The van der Waals surface area contributed by atoms with E-state index in [1.165, 1.54) is 0 Å². The molecule has 1 aromatic carbocycles. The second kappa shape index (κ2) is 4.21. The largest absolute Gasteiger partial charge is 0.436 e. The minimum atomic E-state index is -6.43. The number of aromatic nitrogens is 2. The van der Waals surface area contributed by atoms with Gasteiger partial charge in [0.1, 0.15) is 5.82 Å². The average molecular weight is 320 g/mol. The van der Waals surface area contributed by atoms with Gasteiger partial charge in [0.25, 0.3) is 0 Å². The molecule has 0 bridgehead atoms. The first kappa shape index (κ1) is 15.3. The fourth-order valence-electron chi connectivity index (χ4n) is 1.79. The molecule has 0 saturated heterocycles. The summed E-state index contributed by atoms with van der Waals surface area (Å²) >= 11 is 0. The van der Waals surface area contributed by atoms with Crippen LogP contribution in [-0.2, 0) is 5.67 Å². The fourth-order valence-corrected chi connectivity index (χ4v) is 1.79. The summed E-state index contributed by atoms with van der Waals surface area (Å²) in [5, 5.41) is 0. The second-order valence-corrected chi connectivity index (χ2v) is 4.11. The van der Waals surface area contributed by atoms with Gasteiger partial charge in [-0.25, -0.2) is 13.6 Å². The van der Waals surface area contributed by atoms with Gasteiger partial charge in [0.15, 0.2) is 0 Å². The molecule has 0 aliphatic heterocycles. The van der Waals surface area contributed by atoms with Crippen LogP contribution in [0, 0.1) is 5.82 Å². The molecule has 0 unspecified atom stereocenters. The molecule has 11 heteroatoms. The lowest BCUT2D eigenvalue weighted by Gasteiger charge is -2.30. The number of alkyl halides is 7. The van der Waals surface area contributed by atoms with Crippen LogP contribution in [0.2, 0.25) is 0 Å². The van der Waals surface area contributed by atoms with Crippen molar-refractivity contribution in [2.24, 2.45) is 0 Å². The number of benzene rings is 1. The van der Waals surface area contributed by atoms with Crippen LogP contribution in [-0.4, -0.2) is 22.3 Å². The number of halogens is 8. The summed E-state index contributed by atoms with van der Waals surface area (Å²) < 4.78 is 102. The molecule has 0 radical (unpaired) electrons. The van der Waals surface area contributed by atoms with Gasteiger partial charge < -0.3 is 9.97 Å². The van der Waals surface area contributed by atoms with E-state index in [4.69, 9.17) is 0 Å². The Bertz CT molecular complexity index is 724. The zero-order valence-corrected chi connectivity index (χ0v) is 9.59. The molecule has 1 heterocycles. The van der Waals surface area contributed by atoms with Crippen molar-refractivity contribution < 1.29 is 35.1 Å². The first-order valence-electron chi connectivity index (χ1n) is 5.12. The fraction of sp³-hybridized carbons (Fsp3) is 0.300. The maximum absolute atomic E-state index is 13.7. The zero-order valence-electron chi connectivity index (χ0n) is 9.59. The van der Waals surface area contributed by atoms with Crippen molar-refractivity contribution in [2.45, 2.75) is 18.0 Å². The Morgan fingerprint density at radius 1 is 0.810 bits per heavy atom. The van der Waals surface area contributed by atoms with Crippen LogP contribution in [0.15, 0.2) is 16.9 Å². The van der Waals surface area contributed by atoms with Gasteiger partial charge in [0.05, 0.1) is 11.0 Å². The summed E-state index contributed by atoms with van der Waals surface area (Å²) in [5.41, 5.74) is -10.2. The van der Waals surface area contributed by atoms with E-state index in [2.05, 4.69) is 0 Å². The van der Waals surface area contributed by atoms with Crippen LogP contribution in [0.25, 0.3) is 11.0 Å². The second-order valence-electron chi connectivity index (χ2n) is 4.11. The van der Waals surface area contributed by atoms with E-state index in [1.807, 2.05) is 9.97 Å². The lowest BCUT2D eigenvalue weighted by atomic mass is 9.93. The van der Waals surface area contributed by atoms with Crippen molar-refractivity contribution in [3.63, 3.8) is 0 Å². The molecule has 0 spiro atoms. The normalized spacial score (nSPS) is 13.9. The summed E-state index contributed by atoms with van der Waals surface area (Å²) in [5.74, 6) is -2.09. The highest BCUT2D eigenvalue weighted by Gasteiger charge is 2.74. The van der Waals surface area contributed by atoms with Gasteiger partial charge in [-0.15, -0.1) is 0 Å². The summed E-state index contributed by atoms with van der Waals surface area (Å²) in [6, 6.07) is 0.137. The summed E-state index contributed by atoms with van der Waals surface area (Å²) in [6.07, 6.45) is -12.9. The van der Waals surface area contributed by atoms with E-state index >= 15 is 0 Å². The molecule has 0 aliphatic carbocycles. The molecule has 21 heavy (non-hydrogen) atoms. The Labute approximate surface area is 109 Å². The molecule has 2 N–H and O–H groups in total. The number of fused-ring (bicyclic) bond motifs is 1. The molecule has 1 aromatic heterocycles. The molecule has 0 amide bonds. The van der Waals surface area contributed by atoms with Gasteiger partial charge >= 0.3 is 23.7 Å². The van der Waals surface area contributed by atoms with Crippen LogP contribution < -0.4 is 5.69 Å². The molecule has 2 rings (SSSR count). The molecule has 0 fully saturated rings. The Kier molecular flexibility index (Phi) is 3.07. The summed E-state index contributed by atoms with van der Waals surface area (Å²) in [6.45, 7) is 0. The standard InChI is InChI=1S/C10H4F8N2O/c11-4-2-6-5(19-7(21)20-6)1-3(4)8(12,9(13,14)15)10(16,17)18/h1-2H,(H2,19,20,21). The lowest BCUT2D eigenvalue weighted by Crippen LogP contribution is -2.50. The number of rotatable bonds is 1. The minimum absolute atomic E-state index is 0.0381. The first-order valence-corrected chi connectivity index (χ1v) is 5.12. The van der Waals surface area contributed by atoms with Crippen molar-refractivity contribution in [2.75, 3.05) is 0 Å². The van der Waals surface area contributed by atoms with Gasteiger partial charge in [-0.05, 0) is 12.1 Å². The maximum Gasteiger partial charge on any atom is 0.436 e. The molecule has 0 atom stereocenters. The summed E-state index contributed by atoms with van der Waals surface area (Å²) in [4.78, 5) is 14.6.